The molecule has 1 fully saturated rings. The minimum absolute atomic E-state index is 0.253. The molecule has 1 aromatic rings. The van der Waals surface area contributed by atoms with E-state index in [2.05, 4.69) is 10.3 Å². The lowest BCUT2D eigenvalue weighted by atomic mass is 10.3. The molecule has 1 aliphatic carbocycles. The van der Waals surface area contributed by atoms with Crippen LogP contribution < -0.4 is 11.1 Å². The molecule has 1 amide bonds. The highest BCUT2D eigenvalue weighted by molar-refractivity contribution is 5.99. The average Bonchev–Trinajstić information content (AvgIpc) is 2.89. The van der Waals surface area contributed by atoms with Crippen molar-refractivity contribution in [2.75, 3.05) is 5.32 Å². The van der Waals surface area contributed by atoms with Gasteiger partial charge in [-0.15, -0.1) is 0 Å². The largest absolute Gasteiger partial charge is 0.317 e. The highest BCUT2D eigenvalue weighted by Gasteiger charge is 2.46. The molecule has 0 spiro atoms. The van der Waals surface area contributed by atoms with Gasteiger partial charge in [0.1, 0.15) is 11.6 Å². The van der Waals surface area contributed by atoms with E-state index in [4.69, 9.17) is 5.73 Å². The molecule has 74 valence electrons. The number of aromatic nitrogens is 1. The molecule has 1 heterocycles. The van der Waals surface area contributed by atoms with Gasteiger partial charge in [0.25, 0.3) is 0 Å². The molecule has 0 bridgehead atoms. The molecule has 14 heavy (non-hydrogen) atoms. The lowest BCUT2D eigenvalue weighted by Gasteiger charge is -2.08. The van der Waals surface area contributed by atoms with Crippen LogP contribution in [-0.4, -0.2) is 16.4 Å². The summed E-state index contributed by atoms with van der Waals surface area (Å²) < 4.78 is 12.5. The Bertz CT molecular complexity index is 359. The van der Waals surface area contributed by atoms with Gasteiger partial charge in [-0.2, -0.15) is 0 Å². The number of pyridine rings is 1. The Hall–Kier alpha value is -1.49. The Balaban J connectivity index is 2.04. The first-order valence-corrected chi connectivity index (χ1v) is 4.32. The van der Waals surface area contributed by atoms with Crippen molar-refractivity contribution in [3.05, 3.63) is 24.1 Å². The molecule has 0 aliphatic heterocycles. The van der Waals surface area contributed by atoms with Gasteiger partial charge in [0.2, 0.25) is 5.91 Å². The van der Waals surface area contributed by atoms with Crippen molar-refractivity contribution in [3.8, 4) is 0 Å². The van der Waals surface area contributed by atoms with Crippen LogP contribution in [-0.2, 0) is 4.79 Å². The Morgan fingerprint density at radius 1 is 1.57 bits per heavy atom. The first kappa shape index (κ1) is 9.08. The summed E-state index contributed by atoms with van der Waals surface area (Å²) in [6.07, 6.45) is 2.44. The third-order valence-corrected chi connectivity index (χ3v) is 2.21. The molecule has 1 aliphatic rings. The summed E-state index contributed by atoms with van der Waals surface area (Å²) in [7, 11) is 0. The van der Waals surface area contributed by atoms with Crippen LogP contribution in [0.4, 0.5) is 10.2 Å². The number of rotatable bonds is 2. The minimum atomic E-state index is -0.726. The maximum absolute atomic E-state index is 12.5. The van der Waals surface area contributed by atoms with Crippen molar-refractivity contribution >= 4 is 11.7 Å². The first-order chi connectivity index (χ1) is 6.60. The Kier molecular flexibility index (Phi) is 1.96. The fraction of sp³-hybridized carbons (Fsp3) is 0.333. The quantitative estimate of drug-likeness (QED) is 0.728. The summed E-state index contributed by atoms with van der Waals surface area (Å²) >= 11 is 0. The average molecular weight is 195 g/mol. The van der Waals surface area contributed by atoms with Crippen molar-refractivity contribution in [2.45, 2.75) is 18.4 Å². The molecule has 1 aromatic heterocycles. The number of carbonyl (C=O) groups excluding carboxylic acids is 1. The number of carbonyl (C=O) groups is 1. The molecular formula is C9H10FN3O. The molecule has 0 unspecified atom stereocenters. The lowest BCUT2D eigenvalue weighted by molar-refractivity contribution is -0.118. The zero-order valence-electron chi connectivity index (χ0n) is 7.46. The zero-order chi connectivity index (χ0) is 10.2. The van der Waals surface area contributed by atoms with Crippen molar-refractivity contribution in [1.82, 2.24) is 4.98 Å². The van der Waals surface area contributed by atoms with Gasteiger partial charge in [-0.25, -0.2) is 9.37 Å². The van der Waals surface area contributed by atoms with Gasteiger partial charge in [-0.1, -0.05) is 0 Å². The highest BCUT2D eigenvalue weighted by Crippen LogP contribution is 2.33. The monoisotopic (exact) mass is 195 g/mol. The Morgan fingerprint density at radius 2 is 2.29 bits per heavy atom. The third-order valence-electron chi connectivity index (χ3n) is 2.21. The van der Waals surface area contributed by atoms with Gasteiger partial charge in [-0.05, 0) is 25.0 Å². The van der Waals surface area contributed by atoms with Crippen molar-refractivity contribution in [2.24, 2.45) is 5.73 Å². The van der Waals surface area contributed by atoms with Crippen LogP contribution in [0.5, 0.6) is 0 Å². The van der Waals surface area contributed by atoms with E-state index in [9.17, 15) is 9.18 Å². The van der Waals surface area contributed by atoms with Crippen LogP contribution in [0, 0.1) is 5.82 Å². The Labute approximate surface area is 80.3 Å². The number of nitrogens with zero attached hydrogens (tertiary/aromatic N) is 1. The molecule has 1 saturated carbocycles. The van der Waals surface area contributed by atoms with Crippen molar-refractivity contribution in [1.29, 1.82) is 0 Å². The van der Waals surface area contributed by atoms with E-state index in [1.165, 1.54) is 12.1 Å². The molecule has 0 aromatic carbocycles. The summed E-state index contributed by atoms with van der Waals surface area (Å²) in [5, 5.41) is 2.53. The summed E-state index contributed by atoms with van der Waals surface area (Å²) in [6.45, 7) is 0. The molecule has 5 heteroatoms. The zero-order valence-corrected chi connectivity index (χ0v) is 7.46. The number of halogens is 1. The summed E-state index contributed by atoms with van der Waals surface area (Å²) in [5.74, 6) is -0.360. The van der Waals surface area contributed by atoms with E-state index in [-0.39, 0.29) is 5.91 Å². The molecule has 0 atom stereocenters. The summed E-state index contributed by atoms with van der Waals surface area (Å²) in [4.78, 5) is 15.1. The number of amides is 1. The Morgan fingerprint density at radius 3 is 2.79 bits per heavy atom. The van der Waals surface area contributed by atoms with Gasteiger partial charge < -0.3 is 11.1 Å². The first-order valence-electron chi connectivity index (χ1n) is 4.32. The topological polar surface area (TPSA) is 68.0 Å². The second kappa shape index (κ2) is 3.02. The van der Waals surface area contributed by atoms with Crippen LogP contribution in [0.25, 0.3) is 0 Å². The standard InChI is InChI=1S/C9H10FN3O/c10-6-1-2-7(12-5-6)13-8(14)9(11)3-4-9/h1-2,5H,3-4,11H2,(H,12,13,14). The third kappa shape index (κ3) is 1.72. The lowest BCUT2D eigenvalue weighted by Crippen LogP contribution is -2.38. The summed E-state index contributed by atoms with van der Waals surface area (Å²) in [6, 6.07) is 2.64. The van der Waals surface area contributed by atoms with Crippen LogP contribution in [0.2, 0.25) is 0 Å². The van der Waals surface area contributed by atoms with Gasteiger partial charge in [0.15, 0.2) is 0 Å². The molecule has 0 radical (unpaired) electrons. The highest BCUT2D eigenvalue weighted by atomic mass is 19.1. The van der Waals surface area contributed by atoms with Gasteiger partial charge in [0, 0.05) is 0 Å². The van der Waals surface area contributed by atoms with Crippen molar-refractivity contribution < 1.29 is 9.18 Å². The predicted molar refractivity (Wildman–Crippen MR) is 49.0 cm³/mol. The number of hydrogen-bond donors (Lipinski definition) is 2. The second-order valence-electron chi connectivity index (χ2n) is 3.47. The van der Waals surface area contributed by atoms with E-state index >= 15 is 0 Å². The van der Waals surface area contributed by atoms with E-state index in [1.54, 1.807) is 0 Å². The van der Waals surface area contributed by atoms with Crippen LogP contribution in [0.1, 0.15) is 12.8 Å². The number of nitrogens with two attached hydrogens (primary N) is 1. The molecule has 0 saturated heterocycles. The molecule has 4 nitrogen and oxygen atoms in total. The normalized spacial score (nSPS) is 17.6. The SMILES string of the molecule is NC1(C(=O)Nc2ccc(F)cn2)CC1. The smallest absolute Gasteiger partial charge is 0.245 e. The number of hydrogen-bond acceptors (Lipinski definition) is 3. The van der Waals surface area contributed by atoms with Gasteiger partial charge in [0.05, 0.1) is 11.7 Å². The maximum Gasteiger partial charge on any atom is 0.245 e. The van der Waals surface area contributed by atoms with E-state index in [1.807, 2.05) is 0 Å². The fourth-order valence-corrected chi connectivity index (χ4v) is 1.05. The second-order valence-corrected chi connectivity index (χ2v) is 3.47. The van der Waals surface area contributed by atoms with Crippen LogP contribution >= 0.6 is 0 Å². The molecule has 3 N–H and O–H groups in total. The fourth-order valence-electron chi connectivity index (χ4n) is 1.05. The minimum Gasteiger partial charge on any atom is -0.317 e. The van der Waals surface area contributed by atoms with Crippen LogP contribution in [0.15, 0.2) is 18.3 Å². The van der Waals surface area contributed by atoms with E-state index in [0.717, 1.165) is 6.20 Å². The van der Waals surface area contributed by atoms with Gasteiger partial charge in [-0.3, -0.25) is 4.79 Å². The van der Waals surface area contributed by atoms with E-state index in [0.29, 0.717) is 18.7 Å². The maximum atomic E-state index is 12.5. The van der Waals surface area contributed by atoms with Crippen molar-refractivity contribution in [3.63, 3.8) is 0 Å². The molecule has 2 rings (SSSR count). The van der Waals surface area contributed by atoms with Crippen LogP contribution in [0.3, 0.4) is 0 Å². The summed E-state index contributed by atoms with van der Waals surface area (Å²) in [5.41, 5.74) is 4.93. The number of nitrogens with one attached hydrogen (secondary N) is 1. The number of anilines is 1. The molecular weight excluding hydrogens is 185 g/mol. The predicted octanol–water partition coefficient (Wildman–Crippen LogP) is 0.650. The van der Waals surface area contributed by atoms with Gasteiger partial charge >= 0.3 is 0 Å². The van der Waals surface area contributed by atoms with E-state index < -0.39 is 11.4 Å².